The zero-order valence-electron chi connectivity index (χ0n) is 10.4. The van der Waals surface area contributed by atoms with Crippen LogP contribution in [0.3, 0.4) is 0 Å². The number of Topliss-reactive ketones (excluding diaryl/α,β-unsaturated/α-hetero) is 1. The van der Waals surface area contributed by atoms with Gasteiger partial charge in [0.05, 0.1) is 20.8 Å². The Balaban J connectivity index is 2.18. The molecule has 0 aliphatic carbocycles. The van der Waals surface area contributed by atoms with Crippen LogP contribution < -0.4 is 4.74 Å². The van der Waals surface area contributed by atoms with Gasteiger partial charge in [0, 0.05) is 6.07 Å². The van der Waals surface area contributed by atoms with Gasteiger partial charge in [-0.05, 0) is 17.5 Å². The van der Waals surface area contributed by atoms with Crippen molar-refractivity contribution >= 4 is 28.5 Å². The molecule has 0 spiro atoms. The molecule has 1 aromatic carbocycles. The summed E-state index contributed by atoms with van der Waals surface area (Å²) >= 11 is 1.23. The van der Waals surface area contributed by atoms with E-state index in [4.69, 9.17) is 4.74 Å². The van der Waals surface area contributed by atoms with Gasteiger partial charge in [0.15, 0.2) is 12.4 Å². The summed E-state index contributed by atoms with van der Waals surface area (Å²) in [7, 11) is 0. The Morgan fingerprint density at radius 2 is 1.95 bits per heavy atom. The van der Waals surface area contributed by atoms with Crippen LogP contribution in [0, 0.1) is 20.2 Å². The summed E-state index contributed by atoms with van der Waals surface area (Å²) in [5.41, 5.74) is -0.971. The molecule has 9 heteroatoms. The third-order valence-corrected chi connectivity index (χ3v) is 3.42. The minimum absolute atomic E-state index is 0.185. The second kappa shape index (κ2) is 6.09. The van der Waals surface area contributed by atoms with Crippen molar-refractivity contribution in [2.75, 3.05) is 6.61 Å². The maximum absolute atomic E-state index is 11.7. The molecule has 0 radical (unpaired) electrons. The molecule has 0 unspecified atom stereocenters. The lowest BCUT2D eigenvalue weighted by atomic mass is 10.2. The van der Waals surface area contributed by atoms with Crippen LogP contribution in [0.4, 0.5) is 11.4 Å². The van der Waals surface area contributed by atoms with Gasteiger partial charge in [-0.15, -0.1) is 11.3 Å². The first-order chi connectivity index (χ1) is 9.99. The van der Waals surface area contributed by atoms with Gasteiger partial charge in [-0.3, -0.25) is 25.0 Å². The molecule has 0 atom stereocenters. The van der Waals surface area contributed by atoms with Gasteiger partial charge >= 0.3 is 5.69 Å². The van der Waals surface area contributed by atoms with Crippen molar-refractivity contribution in [3.8, 4) is 5.75 Å². The number of nitro groups is 2. The minimum Gasteiger partial charge on any atom is -0.478 e. The van der Waals surface area contributed by atoms with Crippen molar-refractivity contribution in [3.05, 3.63) is 60.8 Å². The van der Waals surface area contributed by atoms with E-state index in [1.165, 1.54) is 11.3 Å². The number of nitro benzene ring substituents is 2. The number of non-ortho nitro benzene ring substituents is 1. The number of nitrogens with zero attached hydrogens (tertiary/aromatic N) is 2. The highest BCUT2D eigenvalue weighted by molar-refractivity contribution is 7.12. The molecule has 8 nitrogen and oxygen atoms in total. The highest BCUT2D eigenvalue weighted by Crippen LogP contribution is 2.31. The Labute approximate surface area is 121 Å². The Kier molecular flexibility index (Phi) is 4.24. The standard InChI is InChI=1S/C12H8N2O6S/c15-10(12-2-1-5-21-12)7-20-11-4-3-8(13(16)17)6-9(11)14(18)19/h1-6H,7H2. The molecular weight excluding hydrogens is 300 g/mol. The lowest BCUT2D eigenvalue weighted by molar-refractivity contribution is -0.394. The number of hydrogen-bond acceptors (Lipinski definition) is 7. The average molecular weight is 308 g/mol. The van der Waals surface area contributed by atoms with Crippen LogP contribution in [0.25, 0.3) is 0 Å². The summed E-state index contributed by atoms with van der Waals surface area (Å²) in [6, 6.07) is 6.30. The molecular formula is C12H8N2O6S. The maximum Gasteiger partial charge on any atom is 0.317 e. The fourth-order valence-corrected chi connectivity index (χ4v) is 2.19. The molecule has 0 saturated heterocycles. The van der Waals surface area contributed by atoms with E-state index >= 15 is 0 Å². The number of ketones is 1. The molecule has 1 aromatic heterocycles. The molecule has 2 rings (SSSR count). The van der Waals surface area contributed by atoms with Crippen LogP contribution in [0.15, 0.2) is 35.7 Å². The monoisotopic (exact) mass is 308 g/mol. The fraction of sp³-hybridized carbons (Fsp3) is 0.0833. The summed E-state index contributed by atoms with van der Waals surface area (Å²) in [4.78, 5) is 32.2. The van der Waals surface area contributed by atoms with E-state index in [0.29, 0.717) is 4.88 Å². The summed E-state index contributed by atoms with van der Waals surface area (Å²) in [6.07, 6.45) is 0. The molecule has 0 aliphatic rings. The summed E-state index contributed by atoms with van der Waals surface area (Å²) in [6.45, 7) is -0.376. The van der Waals surface area contributed by atoms with E-state index in [0.717, 1.165) is 18.2 Å². The van der Waals surface area contributed by atoms with Crippen molar-refractivity contribution in [2.45, 2.75) is 0 Å². The van der Waals surface area contributed by atoms with Crippen molar-refractivity contribution in [3.63, 3.8) is 0 Å². The van der Waals surface area contributed by atoms with Crippen LogP contribution in [0.5, 0.6) is 5.75 Å². The number of carbonyl (C=O) groups is 1. The van der Waals surface area contributed by atoms with Crippen LogP contribution in [-0.2, 0) is 0 Å². The van der Waals surface area contributed by atoms with Crippen LogP contribution in [-0.4, -0.2) is 22.2 Å². The molecule has 0 fully saturated rings. The third kappa shape index (κ3) is 3.39. The average Bonchev–Trinajstić information content (AvgIpc) is 2.98. The number of carbonyl (C=O) groups excluding carboxylic acids is 1. The first kappa shape index (κ1) is 14.6. The predicted octanol–water partition coefficient (Wildman–Crippen LogP) is 2.83. The topological polar surface area (TPSA) is 113 Å². The Morgan fingerprint density at radius 1 is 1.19 bits per heavy atom. The normalized spacial score (nSPS) is 10.1. The highest BCUT2D eigenvalue weighted by Gasteiger charge is 2.21. The molecule has 0 aliphatic heterocycles. The number of benzene rings is 1. The first-order valence-electron chi connectivity index (χ1n) is 5.61. The number of ether oxygens (including phenoxy) is 1. The largest absolute Gasteiger partial charge is 0.478 e. The molecule has 21 heavy (non-hydrogen) atoms. The van der Waals surface area contributed by atoms with Crippen molar-refractivity contribution in [2.24, 2.45) is 0 Å². The van der Waals surface area contributed by atoms with Gasteiger partial charge < -0.3 is 4.74 Å². The van der Waals surface area contributed by atoms with Gasteiger partial charge in [-0.25, -0.2) is 0 Å². The zero-order valence-corrected chi connectivity index (χ0v) is 11.2. The number of rotatable bonds is 6. The van der Waals surface area contributed by atoms with Gasteiger partial charge in [0.2, 0.25) is 5.78 Å². The van der Waals surface area contributed by atoms with E-state index in [-0.39, 0.29) is 18.1 Å². The second-order valence-corrected chi connectivity index (χ2v) is 4.80. The zero-order chi connectivity index (χ0) is 15.4. The fourth-order valence-electron chi connectivity index (χ4n) is 1.54. The quantitative estimate of drug-likeness (QED) is 0.460. The van der Waals surface area contributed by atoms with Gasteiger partial charge in [0.1, 0.15) is 0 Å². The first-order valence-corrected chi connectivity index (χ1v) is 6.49. The van der Waals surface area contributed by atoms with Gasteiger partial charge in [-0.1, -0.05) is 6.07 Å². The molecule has 0 amide bonds. The van der Waals surface area contributed by atoms with Gasteiger partial charge in [0.25, 0.3) is 5.69 Å². The Morgan fingerprint density at radius 3 is 2.52 bits per heavy atom. The Bertz CT molecular complexity index is 698. The SMILES string of the molecule is O=C(COc1ccc([N+](=O)[O-])cc1[N+](=O)[O-])c1cccs1. The van der Waals surface area contributed by atoms with Crippen LogP contribution >= 0.6 is 11.3 Å². The molecule has 0 N–H and O–H groups in total. The van der Waals surface area contributed by atoms with E-state index in [1.54, 1.807) is 17.5 Å². The smallest absolute Gasteiger partial charge is 0.317 e. The number of thiophene rings is 1. The summed E-state index contributed by atoms with van der Waals surface area (Å²) in [5, 5.41) is 23.2. The summed E-state index contributed by atoms with van der Waals surface area (Å²) in [5.74, 6) is -0.506. The molecule has 0 saturated carbocycles. The van der Waals surface area contributed by atoms with E-state index < -0.39 is 21.2 Å². The van der Waals surface area contributed by atoms with E-state index in [9.17, 15) is 25.0 Å². The van der Waals surface area contributed by atoms with E-state index in [1.807, 2.05) is 0 Å². The molecule has 0 bridgehead atoms. The highest BCUT2D eigenvalue weighted by atomic mass is 32.1. The van der Waals surface area contributed by atoms with Crippen molar-refractivity contribution in [1.29, 1.82) is 0 Å². The predicted molar refractivity (Wildman–Crippen MR) is 73.9 cm³/mol. The Hall–Kier alpha value is -2.81. The summed E-state index contributed by atoms with van der Waals surface area (Å²) < 4.78 is 5.11. The third-order valence-electron chi connectivity index (χ3n) is 2.50. The second-order valence-electron chi connectivity index (χ2n) is 3.86. The van der Waals surface area contributed by atoms with Crippen molar-refractivity contribution in [1.82, 2.24) is 0 Å². The van der Waals surface area contributed by atoms with Crippen LogP contribution in [0.2, 0.25) is 0 Å². The van der Waals surface area contributed by atoms with Gasteiger partial charge in [-0.2, -0.15) is 0 Å². The van der Waals surface area contributed by atoms with Crippen LogP contribution in [0.1, 0.15) is 9.67 Å². The van der Waals surface area contributed by atoms with E-state index in [2.05, 4.69) is 0 Å². The molecule has 2 aromatic rings. The lowest BCUT2D eigenvalue weighted by Crippen LogP contribution is -2.11. The minimum atomic E-state index is -0.794. The number of hydrogen-bond donors (Lipinski definition) is 0. The van der Waals surface area contributed by atoms with Crippen molar-refractivity contribution < 1.29 is 19.4 Å². The lowest BCUT2D eigenvalue weighted by Gasteiger charge is -2.05. The molecule has 1 heterocycles. The maximum atomic E-state index is 11.7. The molecule has 108 valence electrons.